The van der Waals surface area contributed by atoms with Crippen molar-refractivity contribution in [2.45, 2.75) is 20.3 Å². The molecular formula is C13H23N3O. The maximum Gasteiger partial charge on any atom is 0.171 e. The van der Waals surface area contributed by atoms with Gasteiger partial charge in [-0.05, 0) is 25.1 Å². The Hall–Kier alpha value is -1.29. The van der Waals surface area contributed by atoms with E-state index in [2.05, 4.69) is 29.0 Å². The molecule has 1 aromatic rings. The van der Waals surface area contributed by atoms with Crippen molar-refractivity contribution in [1.82, 2.24) is 10.3 Å². The van der Waals surface area contributed by atoms with Gasteiger partial charge >= 0.3 is 0 Å². The highest BCUT2D eigenvalue weighted by Crippen LogP contribution is 2.23. The Morgan fingerprint density at radius 3 is 2.94 bits per heavy atom. The molecule has 0 saturated heterocycles. The van der Waals surface area contributed by atoms with E-state index in [1.54, 1.807) is 6.20 Å². The maximum atomic E-state index is 5.69. The lowest BCUT2D eigenvalue weighted by Crippen LogP contribution is -2.29. The molecule has 4 heteroatoms. The highest BCUT2D eigenvalue weighted by molar-refractivity contribution is 5.51. The van der Waals surface area contributed by atoms with E-state index in [0.29, 0.717) is 0 Å². The molecule has 0 radical (unpaired) electrons. The Labute approximate surface area is 104 Å². The van der Waals surface area contributed by atoms with E-state index in [4.69, 9.17) is 4.74 Å². The topological polar surface area (TPSA) is 37.4 Å². The van der Waals surface area contributed by atoms with E-state index < -0.39 is 0 Å². The van der Waals surface area contributed by atoms with Crippen molar-refractivity contribution in [3.05, 3.63) is 18.3 Å². The van der Waals surface area contributed by atoms with E-state index >= 15 is 0 Å². The SMILES string of the molecule is CCCOc1cccnc1N(C)CCNCC. The molecule has 96 valence electrons. The van der Waals surface area contributed by atoms with Crippen molar-refractivity contribution < 1.29 is 4.74 Å². The van der Waals surface area contributed by atoms with Gasteiger partial charge in [-0.2, -0.15) is 0 Å². The molecule has 4 nitrogen and oxygen atoms in total. The van der Waals surface area contributed by atoms with E-state index in [0.717, 1.165) is 44.2 Å². The van der Waals surface area contributed by atoms with Crippen LogP contribution in [0.2, 0.25) is 0 Å². The van der Waals surface area contributed by atoms with Gasteiger partial charge in [-0.15, -0.1) is 0 Å². The largest absolute Gasteiger partial charge is 0.490 e. The molecule has 0 aliphatic rings. The third-order valence-corrected chi connectivity index (χ3v) is 2.45. The minimum atomic E-state index is 0.736. The molecule has 0 saturated carbocycles. The van der Waals surface area contributed by atoms with Crippen LogP contribution < -0.4 is 15.0 Å². The summed E-state index contributed by atoms with van der Waals surface area (Å²) in [5, 5.41) is 3.30. The monoisotopic (exact) mass is 237 g/mol. The quantitative estimate of drug-likeness (QED) is 0.701. The second kappa shape index (κ2) is 7.90. The molecule has 0 bridgehead atoms. The van der Waals surface area contributed by atoms with Crippen molar-refractivity contribution in [1.29, 1.82) is 0 Å². The molecule has 0 unspecified atom stereocenters. The minimum Gasteiger partial charge on any atom is -0.490 e. The zero-order chi connectivity index (χ0) is 12.5. The number of hydrogen-bond acceptors (Lipinski definition) is 4. The molecule has 1 aromatic heterocycles. The summed E-state index contributed by atoms with van der Waals surface area (Å²) in [6.07, 6.45) is 2.81. The van der Waals surface area contributed by atoms with Crippen LogP contribution >= 0.6 is 0 Å². The average Bonchev–Trinajstić information content (AvgIpc) is 2.37. The summed E-state index contributed by atoms with van der Waals surface area (Å²) in [5.41, 5.74) is 0. The first-order chi connectivity index (χ1) is 8.29. The molecule has 1 rings (SSSR count). The fraction of sp³-hybridized carbons (Fsp3) is 0.615. The second-order valence-corrected chi connectivity index (χ2v) is 3.95. The first kappa shape index (κ1) is 13.8. The Kier molecular flexibility index (Phi) is 6.40. The summed E-state index contributed by atoms with van der Waals surface area (Å²) in [6.45, 7) is 7.82. The third kappa shape index (κ3) is 4.61. The van der Waals surface area contributed by atoms with Gasteiger partial charge in [0.25, 0.3) is 0 Å². The van der Waals surface area contributed by atoms with Crippen LogP contribution in [0.25, 0.3) is 0 Å². The van der Waals surface area contributed by atoms with E-state index in [1.807, 2.05) is 19.2 Å². The van der Waals surface area contributed by atoms with Crippen LogP contribution in [0.5, 0.6) is 5.75 Å². The standard InChI is InChI=1S/C13H23N3O/c1-4-11-17-12-7-6-8-15-13(12)16(3)10-9-14-5-2/h6-8,14H,4-5,9-11H2,1-3H3. The number of ether oxygens (including phenoxy) is 1. The zero-order valence-electron chi connectivity index (χ0n) is 11.1. The Bertz CT molecular complexity index is 317. The number of pyridine rings is 1. The normalized spacial score (nSPS) is 10.3. The molecule has 0 aliphatic carbocycles. The fourth-order valence-electron chi connectivity index (χ4n) is 1.52. The number of aromatic nitrogens is 1. The number of likely N-dealkylation sites (N-methyl/N-ethyl adjacent to an activating group) is 2. The van der Waals surface area contributed by atoms with Gasteiger partial charge in [0.15, 0.2) is 11.6 Å². The van der Waals surface area contributed by atoms with Crippen LogP contribution in [0.1, 0.15) is 20.3 Å². The zero-order valence-corrected chi connectivity index (χ0v) is 11.1. The van der Waals surface area contributed by atoms with Crippen LogP contribution in [-0.2, 0) is 0 Å². The first-order valence-corrected chi connectivity index (χ1v) is 6.29. The van der Waals surface area contributed by atoms with Gasteiger partial charge in [0, 0.05) is 26.3 Å². The minimum absolute atomic E-state index is 0.736. The summed E-state index contributed by atoms with van der Waals surface area (Å²) in [7, 11) is 2.04. The van der Waals surface area contributed by atoms with Crippen LogP contribution in [0.4, 0.5) is 5.82 Å². The predicted molar refractivity (Wildman–Crippen MR) is 71.8 cm³/mol. The summed E-state index contributed by atoms with van der Waals surface area (Å²) < 4.78 is 5.69. The van der Waals surface area contributed by atoms with Crippen LogP contribution in [0.15, 0.2) is 18.3 Å². The number of anilines is 1. The van der Waals surface area contributed by atoms with Gasteiger partial charge in [-0.3, -0.25) is 0 Å². The van der Waals surface area contributed by atoms with Gasteiger partial charge in [0.05, 0.1) is 6.61 Å². The third-order valence-electron chi connectivity index (χ3n) is 2.45. The average molecular weight is 237 g/mol. The van der Waals surface area contributed by atoms with Crippen molar-refractivity contribution in [2.24, 2.45) is 0 Å². The first-order valence-electron chi connectivity index (χ1n) is 6.29. The van der Waals surface area contributed by atoms with Gasteiger partial charge < -0.3 is 15.0 Å². The molecule has 0 amide bonds. The second-order valence-electron chi connectivity index (χ2n) is 3.95. The number of rotatable bonds is 8. The Balaban J connectivity index is 2.60. The number of nitrogens with zero attached hydrogens (tertiary/aromatic N) is 2. The van der Waals surface area contributed by atoms with Crippen molar-refractivity contribution in [2.75, 3.05) is 38.2 Å². The number of hydrogen-bond donors (Lipinski definition) is 1. The molecule has 0 atom stereocenters. The predicted octanol–water partition coefficient (Wildman–Crippen LogP) is 1.92. The summed E-state index contributed by atoms with van der Waals surface area (Å²) >= 11 is 0. The molecule has 0 aliphatic heterocycles. The van der Waals surface area contributed by atoms with E-state index in [9.17, 15) is 0 Å². The number of nitrogens with one attached hydrogen (secondary N) is 1. The van der Waals surface area contributed by atoms with Crippen molar-refractivity contribution in [3.63, 3.8) is 0 Å². The van der Waals surface area contributed by atoms with Gasteiger partial charge in [-0.1, -0.05) is 13.8 Å². The van der Waals surface area contributed by atoms with Crippen molar-refractivity contribution in [3.8, 4) is 5.75 Å². The molecule has 1 heterocycles. The van der Waals surface area contributed by atoms with Crippen LogP contribution in [0, 0.1) is 0 Å². The lowest BCUT2D eigenvalue weighted by Gasteiger charge is -2.20. The summed E-state index contributed by atoms with van der Waals surface area (Å²) in [5.74, 6) is 1.78. The van der Waals surface area contributed by atoms with Crippen LogP contribution in [-0.4, -0.2) is 38.3 Å². The molecule has 0 fully saturated rings. The summed E-state index contributed by atoms with van der Waals surface area (Å²) in [6, 6.07) is 3.88. The lowest BCUT2D eigenvalue weighted by atomic mass is 10.4. The van der Waals surface area contributed by atoms with Crippen molar-refractivity contribution >= 4 is 5.82 Å². The maximum absolute atomic E-state index is 5.69. The van der Waals surface area contributed by atoms with E-state index in [1.165, 1.54) is 0 Å². The molecule has 1 N–H and O–H groups in total. The molecular weight excluding hydrogens is 214 g/mol. The fourth-order valence-corrected chi connectivity index (χ4v) is 1.52. The molecule has 0 spiro atoms. The van der Waals surface area contributed by atoms with Gasteiger partial charge in [0.2, 0.25) is 0 Å². The lowest BCUT2D eigenvalue weighted by molar-refractivity contribution is 0.316. The van der Waals surface area contributed by atoms with Gasteiger partial charge in [-0.25, -0.2) is 4.98 Å². The Morgan fingerprint density at radius 1 is 1.41 bits per heavy atom. The van der Waals surface area contributed by atoms with E-state index in [-0.39, 0.29) is 0 Å². The highest BCUT2D eigenvalue weighted by atomic mass is 16.5. The molecule has 17 heavy (non-hydrogen) atoms. The Morgan fingerprint density at radius 2 is 2.24 bits per heavy atom. The summed E-state index contributed by atoms with van der Waals surface area (Å²) in [4.78, 5) is 6.50. The van der Waals surface area contributed by atoms with Gasteiger partial charge in [0.1, 0.15) is 0 Å². The molecule has 0 aromatic carbocycles. The smallest absolute Gasteiger partial charge is 0.171 e. The van der Waals surface area contributed by atoms with Crippen LogP contribution in [0.3, 0.4) is 0 Å². The highest BCUT2D eigenvalue weighted by Gasteiger charge is 2.08.